The molecule has 6 heteroatoms. The second-order valence-corrected chi connectivity index (χ2v) is 7.81. The smallest absolute Gasteiger partial charge is 0.160 e. The quantitative estimate of drug-likeness (QED) is 0.480. The molecule has 5 nitrogen and oxygen atoms in total. The Labute approximate surface area is 180 Å². The largest absolute Gasteiger partial charge is 0.294 e. The lowest BCUT2D eigenvalue weighted by molar-refractivity contribution is 0.242. The van der Waals surface area contributed by atoms with Crippen LogP contribution in [0, 0.1) is 0 Å². The zero-order valence-corrected chi connectivity index (χ0v) is 17.1. The maximum absolute atomic E-state index is 6.29. The van der Waals surface area contributed by atoms with Crippen molar-refractivity contribution in [1.29, 1.82) is 0 Å². The number of nitrogens with zero attached hydrogens (tertiary/aromatic N) is 5. The Morgan fingerprint density at radius 1 is 0.933 bits per heavy atom. The summed E-state index contributed by atoms with van der Waals surface area (Å²) in [6.07, 6.45) is 8.37. The van der Waals surface area contributed by atoms with Crippen molar-refractivity contribution < 1.29 is 0 Å². The van der Waals surface area contributed by atoms with E-state index >= 15 is 0 Å². The third-order valence-corrected chi connectivity index (χ3v) is 5.64. The van der Waals surface area contributed by atoms with Gasteiger partial charge in [-0.3, -0.25) is 14.9 Å². The van der Waals surface area contributed by atoms with Crippen LogP contribution in [-0.4, -0.2) is 31.4 Å². The molecule has 1 aromatic carbocycles. The lowest BCUT2D eigenvalue weighted by atomic mass is 10.1. The van der Waals surface area contributed by atoms with Gasteiger partial charge in [0.1, 0.15) is 0 Å². The Kier molecular flexibility index (Phi) is 5.22. The van der Waals surface area contributed by atoms with Gasteiger partial charge in [-0.25, -0.2) is 9.97 Å². The number of hydrogen-bond donors (Lipinski definition) is 0. The van der Waals surface area contributed by atoms with Crippen LogP contribution in [0.15, 0.2) is 73.3 Å². The number of benzene rings is 1. The van der Waals surface area contributed by atoms with Crippen LogP contribution in [0.1, 0.15) is 16.8 Å². The van der Waals surface area contributed by atoms with Crippen LogP contribution < -0.4 is 0 Å². The second kappa shape index (κ2) is 8.30. The summed E-state index contributed by atoms with van der Waals surface area (Å²) in [6, 6.07) is 15.8. The number of hydrogen-bond acceptors (Lipinski definition) is 5. The highest BCUT2D eigenvalue weighted by Crippen LogP contribution is 2.26. The van der Waals surface area contributed by atoms with Gasteiger partial charge in [0.05, 0.1) is 11.4 Å². The first-order valence-corrected chi connectivity index (χ1v) is 10.3. The molecule has 4 aromatic rings. The minimum Gasteiger partial charge on any atom is -0.294 e. The maximum atomic E-state index is 6.29. The highest BCUT2D eigenvalue weighted by molar-refractivity contribution is 6.33. The molecule has 0 atom stereocenters. The molecule has 0 N–H and O–H groups in total. The molecule has 4 heterocycles. The van der Waals surface area contributed by atoms with Gasteiger partial charge in [0.15, 0.2) is 5.82 Å². The Balaban J connectivity index is 1.28. The van der Waals surface area contributed by atoms with E-state index in [0.717, 1.165) is 59.4 Å². The summed E-state index contributed by atoms with van der Waals surface area (Å²) < 4.78 is 0. The first kappa shape index (κ1) is 18.9. The van der Waals surface area contributed by atoms with E-state index in [1.54, 1.807) is 12.4 Å². The molecular formula is C24H20ClN5. The summed E-state index contributed by atoms with van der Waals surface area (Å²) in [5, 5.41) is 0.719. The summed E-state index contributed by atoms with van der Waals surface area (Å²) in [6.45, 7) is 2.65. The monoisotopic (exact) mass is 413 g/mol. The lowest BCUT2D eigenvalue weighted by Gasteiger charge is -2.28. The molecule has 0 fully saturated rings. The molecule has 5 rings (SSSR count). The topological polar surface area (TPSA) is 54.8 Å². The molecule has 0 saturated heterocycles. The van der Waals surface area contributed by atoms with Gasteiger partial charge < -0.3 is 0 Å². The van der Waals surface area contributed by atoms with Crippen LogP contribution in [0.25, 0.3) is 22.6 Å². The van der Waals surface area contributed by atoms with Crippen molar-refractivity contribution in [2.75, 3.05) is 6.54 Å². The lowest BCUT2D eigenvalue weighted by Crippen LogP contribution is -2.31. The average molecular weight is 414 g/mol. The SMILES string of the molecule is Clc1ccccc1-c1ccc(CN2CCc3nc(-c4cccnc4)ncc3C2)cn1. The minimum atomic E-state index is 0.719. The molecule has 3 aromatic heterocycles. The number of rotatable bonds is 4. The number of halogens is 1. The average Bonchev–Trinajstić information content (AvgIpc) is 2.80. The van der Waals surface area contributed by atoms with E-state index in [0.29, 0.717) is 0 Å². The summed E-state index contributed by atoms with van der Waals surface area (Å²) in [5.41, 5.74) is 6.31. The van der Waals surface area contributed by atoms with Crippen molar-refractivity contribution in [3.8, 4) is 22.6 Å². The molecule has 0 radical (unpaired) electrons. The van der Waals surface area contributed by atoms with Crippen LogP contribution >= 0.6 is 11.6 Å². The first-order chi connectivity index (χ1) is 14.8. The van der Waals surface area contributed by atoms with Crippen molar-refractivity contribution in [3.05, 3.63) is 95.2 Å². The Hall–Kier alpha value is -3.15. The van der Waals surface area contributed by atoms with E-state index in [9.17, 15) is 0 Å². The molecule has 0 amide bonds. The summed E-state index contributed by atoms with van der Waals surface area (Å²) in [5.74, 6) is 0.745. The molecule has 0 spiro atoms. The zero-order chi connectivity index (χ0) is 20.3. The van der Waals surface area contributed by atoms with Crippen molar-refractivity contribution >= 4 is 11.6 Å². The van der Waals surface area contributed by atoms with E-state index in [4.69, 9.17) is 16.6 Å². The Morgan fingerprint density at radius 2 is 1.87 bits per heavy atom. The van der Waals surface area contributed by atoms with Gasteiger partial charge in [-0.05, 0) is 29.8 Å². The van der Waals surface area contributed by atoms with Crippen molar-refractivity contribution in [1.82, 2.24) is 24.8 Å². The zero-order valence-electron chi connectivity index (χ0n) is 16.4. The van der Waals surface area contributed by atoms with Crippen LogP contribution in [0.5, 0.6) is 0 Å². The van der Waals surface area contributed by atoms with Gasteiger partial charge >= 0.3 is 0 Å². The first-order valence-electron chi connectivity index (χ1n) is 9.93. The van der Waals surface area contributed by atoms with Gasteiger partial charge in [0.25, 0.3) is 0 Å². The fourth-order valence-corrected chi connectivity index (χ4v) is 3.98. The van der Waals surface area contributed by atoms with Gasteiger partial charge in [-0.2, -0.15) is 0 Å². The number of fused-ring (bicyclic) bond motifs is 1. The third kappa shape index (κ3) is 3.95. The standard InChI is InChI=1S/C24H20ClN5/c25-21-6-2-1-5-20(21)23-8-7-17(12-27-23)15-30-11-9-22-19(16-30)14-28-24(29-22)18-4-3-10-26-13-18/h1-8,10,12-14H,9,11,15-16H2. The molecular weight excluding hydrogens is 394 g/mol. The van der Waals surface area contributed by atoms with E-state index in [1.807, 2.05) is 54.9 Å². The van der Waals surface area contributed by atoms with Crippen LogP contribution in [0.4, 0.5) is 0 Å². The predicted octanol–water partition coefficient (Wildman–Crippen LogP) is 4.81. The molecule has 1 aliphatic rings. The van der Waals surface area contributed by atoms with E-state index in [2.05, 4.69) is 25.9 Å². The molecule has 0 unspecified atom stereocenters. The molecule has 0 saturated carbocycles. The minimum absolute atomic E-state index is 0.719. The van der Waals surface area contributed by atoms with Gasteiger partial charge in [-0.1, -0.05) is 35.9 Å². The second-order valence-electron chi connectivity index (χ2n) is 7.40. The van der Waals surface area contributed by atoms with Gasteiger partial charge in [-0.15, -0.1) is 0 Å². The fraction of sp³-hybridized carbons (Fsp3) is 0.167. The summed E-state index contributed by atoms with van der Waals surface area (Å²) in [7, 11) is 0. The number of aromatic nitrogens is 4. The van der Waals surface area contributed by atoms with Crippen molar-refractivity contribution in [2.24, 2.45) is 0 Å². The van der Waals surface area contributed by atoms with Crippen LogP contribution in [-0.2, 0) is 19.5 Å². The normalized spacial score (nSPS) is 13.8. The predicted molar refractivity (Wildman–Crippen MR) is 118 cm³/mol. The summed E-state index contributed by atoms with van der Waals surface area (Å²) in [4.78, 5) is 20.5. The molecule has 0 bridgehead atoms. The fourth-order valence-electron chi connectivity index (χ4n) is 3.75. The highest BCUT2D eigenvalue weighted by Gasteiger charge is 2.19. The van der Waals surface area contributed by atoms with Crippen LogP contribution in [0.2, 0.25) is 5.02 Å². The molecule has 1 aliphatic heterocycles. The highest BCUT2D eigenvalue weighted by atomic mass is 35.5. The third-order valence-electron chi connectivity index (χ3n) is 5.31. The van der Waals surface area contributed by atoms with E-state index in [1.165, 1.54) is 11.1 Å². The van der Waals surface area contributed by atoms with E-state index < -0.39 is 0 Å². The van der Waals surface area contributed by atoms with Crippen molar-refractivity contribution in [2.45, 2.75) is 19.5 Å². The van der Waals surface area contributed by atoms with E-state index in [-0.39, 0.29) is 0 Å². The Morgan fingerprint density at radius 3 is 2.67 bits per heavy atom. The molecule has 0 aliphatic carbocycles. The van der Waals surface area contributed by atoms with Gasteiger partial charge in [0.2, 0.25) is 0 Å². The van der Waals surface area contributed by atoms with Gasteiger partial charge in [0, 0.05) is 72.6 Å². The number of pyridine rings is 2. The molecule has 148 valence electrons. The Bertz CT molecular complexity index is 1160. The summed E-state index contributed by atoms with van der Waals surface area (Å²) >= 11 is 6.29. The van der Waals surface area contributed by atoms with Crippen LogP contribution in [0.3, 0.4) is 0 Å². The maximum Gasteiger partial charge on any atom is 0.160 e. The van der Waals surface area contributed by atoms with Crippen molar-refractivity contribution in [3.63, 3.8) is 0 Å². The molecule has 30 heavy (non-hydrogen) atoms.